The molecule has 3 nitrogen and oxygen atoms in total. The quantitative estimate of drug-likeness (QED) is 0.821. The van der Waals surface area contributed by atoms with Crippen molar-refractivity contribution in [3.63, 3.8) is 0 Å². The van der Waals surface area contributed by atoms with Crippen molar-refractivity contribution in [3.8, 4) is 0 Å². The van der Waals surface area contributed by atoms with E-state index in [0.717, 1.165) is 11.3 Å². The summed E-state index contributed by atoms with van der Waals surface area (Å²) in [5.74, 6) is 0. The Morgan fingerprint density at radius 3 is 2.17 bits per heavy atom. The summed E-state index contributed by atoms with van der Waals surface area (Å²) in [5.41, 5.74) is 4.49. The topological polar surface area (TPSA) is 41.1 Å². The summed E-state index contributed by atoms with van der Waals surface area (Å²) >= 11 is 0. The van der Waals surface area contributed by atoms with Crippen LogP contribution >= 0.6 is 0 Å². The lowest BCUT2D eigenvalue weighted by atomic mass is 9.97. The molecule has 0 heterocycles. The van der Waals surface area contributed by atoms with Crippen LogP contribution in [0.5, 0.6) is 0 Å². The molecule has 18 heavy (non-hydrogen) atoms. The molecule has 0 bridgehead atoms. The molecule has 1 rings (SSSR count). The van der Waals surface area contributed by atoms with Gasteiger partial charge in [0.2, 0.25) is 0 Å². The van der Waals surface area contributed by atoms with E-state index in [1.54, 1.807) is 0 Å². The van der Waals surface area contributed by atoms with Crippen molar-refractivity contribution in [3.05, 3.63) is 28.8 Å². The maximum Gasteiger partial charge on any atom is 0.319 e. The molecular formula is C15H24N2O. The second kappa shape index (κ2) is 5.42. The van der Waals surface area contributed by atoms with Crippen LogP contribution in [0.1, 0.15) is 37.5 Å². The molecule has 0 unspecified atom stereocenters. The third kappa shape index (κ3) is 4.40. The molecule has 0 aliphatic rings. The van der Waals surface area contributed by atoms with Crippen molar-refractivity contribution in [1.82, 2.24) is 5.32 Å². The number of benzene rings is 1. The lowest BCUT2D eigenvalue weighted by Gasteiger charge is -2.19. The number of rotatable bonds is 2. The van der Waals surface area contributed by atoms with Crippen molar-refractivity contribution in [2.45, 2.75) is 41.5 Å². The first-order chi connectivity index (χ1) is 8.19. The number of amides is 2. The minimum atomic E-state index is -0.142. The Bertz CT molecular complexity index is 445. The lowest BCUT2D eigenvalue weighted by molar-refractivity contribution is 0.247. The molecule has 0 aromatic heterocycles. The van der Waals surface area contributed by atoms with Crippen molar-refractivity contribution < 1.29 is 4.79 Å². The zero-order chi connectivity index (χ0) is 13.9. The Balaban J connectivity index is 2.68. The third-order valence-electron chi connectivity index (χ3n) is 2.87. The minimum Gasteiger partial charge on any atom is -0.337 e. The number of carbonyl (C=O) groups is 1. The molecule has 0 spiro atoms. The predicted molar refractivity (Wildman–Crippen MR) is 77.1 cm³/mol. The monoisotopic (exact) mass is 248 g/mol. The van der Waals surface area contributed by atoms with E-state index in [-0.39, 0.29) is 11.4 Å². The second-order valence-electron chi connectivity index (χ2n) is 6.12. The summed E-state index contributed by atoms with van der Waals surface area (Å²) in [6.07, 6.45) is 0. The maximum atomic E-state index is 11.8. The van der Waals surface area contributed by atoms with Gasteiger partial charge in [0.1, 0.15) is 0 Å². The van der Waals surface area contributed by atoms with Gasteiger partial charge in [0, 0.05) is 12.2 Å². The van der Waals surface area contributed by atoms with Crippen molar-refractivity contribution >= 4 is 11.7 Å². The third-order valence-corrected chi connectivity index (χ3v) is 2.87. The van der Waals surface area contributed by atoms with Crippen LogP contribution in [0.25, 0.3) is 0 Å². The fraction of sp³-hybridized carbons (Fsp3) is 0.533. The van der Waals surface area contributed by atoms with E-state index in [0.29, 0.717) is 6.54 Å². The van der Waals surface area contributed by atoms with Crippen LogP contribution in [-0.4, -0.2) is 12.6 Å². The molecule has 1 aromatic rings. The van der Waals surface area contributed by atoms with Crippen molar-refractivity contribution in [1.29, 1.82) is 0 Å². The average Bonchev–Trinajstić information content (AvgIpc) is 2.22. The van der Waals surface area contributed by atoms with E-state index in [1.807, 2.05) is 19.9 Å². The fourth-order valence-electron chi connectivity index (χ4n) is 1.61. The molecule has 1 aromatic carbocycles. The summed E-state index contributed by atoms with van der Waals surface area (Å²) < 4.78 is 0. The van der Waals surface area contributed by atoms with Crippen LogP contribution < -0.4 is 10.6 Å². The van der Waals surface area contributed by atoms with Crippen LogP contribution in [-0.2, 0) is 0 Å². The van der Waals surface area contributed by atoms with E-state index in [1.165, 1.54) is 11.1 Å². The number of hydrogen-bond acceptors (Lipinski definition) is 1. The van der Waals surface area contributed by atoms with Gasteiger partial charge < -0.3 is 10.6 Å². The van der Waals surface area contributed by atoms with E-state index in [9.17, 15) is 4.79 Å². The Labute approximate surface area is 110 Å². The van der Waals surface area contributed by atoms with Crippen LogP contribution in [0.2, 0.25) is 0 Å². The number of urea groups is 1. The van der Waals surface area contributed by atoms with Crippen LogP contribution in [0, 0.1) is 26.2 Å². The smallest absolute Gasteiger partial charge is 0.319 e. The zero-order valence-corrected chi connectivity index (χ0v) is 12.3. The van der Waals surface area contributed by atoms with Crippen LogP contribution in [0.3, 0.4) is 0 Å². The molecule has 2 amide bonds. The van der Waals surface area contributed by atoms with Gasteiger partial charge in [-0.15, -0.1) is 0 Å². The Kier molecular flexibility index (Phi) is 4.38. The highest BCUT2D eigenvalue weighted by Gasteiger charge is 2.12. The average molecular weight is 248 g/mol. The summed E-state index contributed by atoms with van der Waals surface area (Å²) in [6, 6.07) is 3.96. The summed E-state index contributed by atoms with van der Waals surface area (Å²) in [6.45, 7) is 13.1. The highest BCUT2D eigenvalue weighted by atomic mass is 16.2. The molecule has 100 valence electrons. The van der Waals surface area contributed by atoms with Gasteiger partial charge in [-0.3, -0.25) is 0 Å². The summed E-state index contributed by atoms with van der Waals surface area (Å²) in [4.78, 5) is 11.8. The number of aryl methyl sites for hydroxylation is 3. The van der Waals surface area contributed by atoms with Crippen molar-refractivity contribution in [2.24, 2.45) is 5.41 Å². The summed E-state index contributed by atoms with van der Waals surface area (Å²) in [7, 11) is 0. The SMILES string of the molecule is Cc1cc(C)c(NC(=O)NCC(C)(C)C)cc1C. The van der Waals surface area contributed by atoms with Gasteiger partial charge in [-0.05, 0) is 48.9 Å². The summed E-state index contributed by atoms with van der Waals surface area (Å²) in [5, 5.41) is 5.78. The predicted octanol–water partition coefficient (Wildman–Crippen LogP) is 3.78. The maximum absolute atomic E-state index is 11.8. The van der Waals surface area contributed by atoms with E-state index in [4.69, 9.17) is 0 Å². The van der Waals surface area contributed by atoms with Crippen LogP contribution in [0.15, 0.2) is 12.1 Å². The van der Waals surface area contributed by atoms with Gasteiger partial charge >= 0.3 is 6.03 Å². The number of carbonyl (C=O) groups excluding carboxylic acids is 1. The standard InChI is InChI=1S/C15H24N2O/c1-10-7-12(3)13(8-11(10)2)17-14(18)16-9-15(4,5)6/h7-8H,9H2,1-6H3,(H2,16,17,18). The number of hydrogen-bond donors (Lipinski definition) is 2. The fourth-order valence-corrected chi connectivity index (χ4v) is 1.61. The molecule has 0 aliphatic heterocycles. The molecule has 2 N–H and O–H groups in total. The van der Waals surface area contributed by atoms with Gasteiger partial charge in [0.15, 0.2) is 0 Å². The van der Waals surface area contributed by atoms with E-state index < -0.39 is 0 Å². The van der Waals surface area contributed by atoms with Gasteiger partial charge in [-0.25, -0.2) is 4.79 Å². The highest BCUT2D eigenvalue weighted by molar-refractivity contribution is 5.90. The Hall–Kier alpha value is -1.51. The van der Waals surface area contributed by atoms with Gasteiger partial charge in [-0.1, -0.05) is 26.8 Å². The lowest BCUT2D eigenvalue weighted by Crippen LogP contribution is -2.35. The Morgan fingerprint density at radius 1 is 1.06 bits per heavy atom. The first-order valence-electron chi connectivity index (χ1n) is 6.32. The normalized spacial score (nSPS) is 11.2. The molecule has 0 atom stereocenters. The number of anilines is 1. The van der Waals surface area contributed by atoms with E-state index >= 15 is 0 Å². The zero-order valence-electron chi connectivity index (χ0n) is 12.3. The first kappa shape index (κ1) is 14.6. The first-order valence-corrected chi connectivity index (χ1v) is 6.32. The van der Waals surface area contributed by atoms with Gasteiger partial charge in [-0.2, -0.15) is 0 Å². The molecule has 0 fully saturated rings. The molecule has 3 heteroatoms. The van der Waals surface area contributed by atoms with Crippen molar-refractivity contribution in [2.75, 3.05) is 11.9 Å². The van der Waals surface area contributed by atoms with E-state index in [2.05, 4.69) is 44.4 Å². The molecular weight excluding hydrogens is 224 g/mol. The van der Waals surface area contributed by atoms with Gasteiger partial charge in [0.05, 0.1) is 0 Å². The molecule has 0 saturated carbocycles. The molecule has 0 saturated heterocycles. The molecule has 0 radical (unpaired) electrons. The minimum absolute atomic E-state index is 0.0928. The second-order valence-corrected chi connectivity index (χ2v) is 6.12. The van der Waals surface area contributed by atoms with Crippen LogP contribution in [0.4, 0.5) is 10.5 Å². The van der Waals surface area contributed by atoms with Gasteiger partial charge in [0.25, 0.3) is 0 Å². The Morgan fingerprint density at radius 2 is 1.61 bits per heavy atom. The number of nitrogens with one attached hydrogen (secondary N) is 2. The highest BCUT2D eigenvalue weighted by Crippen LogP contribution is 2.20. The largest absolute Gasteiger partial charge is 0.337 e. The molecule has 0 aliphatic carbocycles.